The quantitative estimate of drug-likeness (QED) is 0.467. The van der Waals surface area contributed by atoms with Crippen LogP contribution in [-0.4, -0.2) is 45.3 Å². The van der Waals surface area contributed by atoms with Gasteiger partial charge >= 0.3 is 11.6 Å². The summed E-state index contributed by atoms with van der Waals surface area (Å²) in [6.45, 7) is 1.41. The minimum Gasteiger partial charge on any atom is -0.484 e. The Morgan fingerprint density at radius 2 is 2.21 bits per heavy atom. The fraction of sp³-hybridized carbons (Fsp3) is 0.273. The number of primary amides is 1. The number of carbonyl (C=O) groups is 2. The van der Waals surface area contributed by atoms with Crippen molar-refractivity contribution in [3.63, 3.8) is 0 Å². The zero-order chi connectivity index (χ0) is 23.5. The Balaban J connectivity index is 1.72. The Morgan fingerprint density at radius 3 is 2.91 bits per heavy atom. The highest BCUT2D eigenvalue weighted by molar-refractivity contribution is 7.15. The fourth-order valence-corrected chi connectivity index (χ4v) is 3.61. The van der Waals surface area contributed by atoms with E-state index in [-0.39, 0.29) is 23.0 Å². The first-order valence-electron chi connectivity index (χ1n) is 9.97. The normalized spacial score (nSPS) is 14.4. The molecule has 166 valence electrons. The molecule has 11 heteroatoms. The van der Waals surface area contributed by atoms with E-state index in [4.69, 9.17) is 10.5 Å². The molecule has 1 aliphatic heterocycles. The molecule has 2 aromatic rings. The number of hydrogen-bond donors (Lipinski definition) is 2. The number of nitrogens with zero attached hydrogens (tertiary/aromatic N) is 4. The largest absolute Gasteiger partial charge is 0.484 e. The van der Waals surface area contributed by atoms with Crippen LogP contribution in [0.1, 0.15) is 40.7 Å². The molecule has 0 bridgehead atoms. The zero-order valence-corrected chi connectivity index (χ0v) is 18.7. The smallest absolute Gasteiger partial charge is 0.359 e. The van der Waals surface area contributed by atoms with Crippen molar-refractivity contribution < 1.29 is 14.3 Å². The van der Waals surface area contributed by atoms with E-state index in [1.165, 1.54) is 13.3 Å². The summed E-state index contributed by atoms with van der Waals surface area (Å²) in [6, 6.07) is 1.14. The predicted octanol–water partition coefficient (Wildman–Crippen LogP) is 0.324. The molecular formula is C22H19N6O4S+. The van der Waals surface area contributed by atoms with Crippen LogP contribution in [0.3, 0.4) is 0 Å². The van der Waals surface area contributed by atoms with Crippen LogP contribution in [0.15, 0.2) is 28.9 Å². The molecule has 2 amide bonds. The molecule has 1 fully saturated rings. The highest BCUT2D eigenvalue weighted by Gasteiger charge is 2.25. The molecule has 0 radical (unpaired) electrons. The van der Waals surface area contributed by atoms with Crippen molar-refractivity contribution in [2.45, 2.75) is 26.3 Å². The second-order valence-corrected chi connectivity index (χ2v) is 8.38. The Morgan fingerprint density at radius 1 is 1.42 bits per heavy atom. The minimum absolute atomic E-state index is 0.0545. The van der Waals surface area contributed by atoms with Gasteiger partial charge in [-0.1, -0.05) is 17.3 Å². The summed E-state index contributed by atoms with van der Waals surface area (Å²) in [5.74, 6) is 8.21. The van der Waals surface area contributed by atoms with Crippen molar-refractivity contribution >= 4 is 45.4 Å². The van der Waals surface area contributed by atoms with Crippen molar-refractivity contribution in [1.82, 2.24) is 19.4 Å². The van der Waals surface area contributed by atoms with Crippen LogP contribution in [0.25, 0.3) is 5.57 Å². The number of rotatable bonds is 6. The molecule has 1 aliphatic carbocycles. The van der Waals surface area contributed by atoms with Crippen molar-refractivity contribution in [3.8, 4) is 11.8 Å². The van der Waals surface area contributed by atoms with Gasteiger partial charge in [0.25, 0.3) is 17.2 Å². The molecule has 10 nitrogen and oxygen atoms in total. The van der Waals surface area contributed by atoms with Crippen molar-refractivity contribution in [1.29, 1.82) is 0 Å². The molecule has 0 aromatic carbocycles. The lowest BCUT2D eigenvalue weighted by atomic mass is 9.98. The number of amides is 2. The fourth-order valence-electron chi connectivity index (χ4n) is 3.01. The number of hydrogen-bond acceptors (Lipinski definition) is 7. The van der Waals surface area contributed by atoms with Gasteiger partial charge < -0.3 is 15.0 Å². The molecule has 0 atom stereocenters. The summed E-state index contributed by atoms with van der Waals surface area (Å²) < 4.78 is 10.6. The van der Waals surface area contributed by atoms with Crippen molar-refractivity contribution in [2.75, 3.05) is 12.4 Å². The first kappa shape index (κ1) is 22.0. The van der Waals surface area contributed by atoms with Crippen LogP contribution in [0.2, 0.25) is 0 Å². The summed E-state index contributed by atoms with van der Waals surface area (Å²) in [6.07, 6.45) is 5.26. The number of anilines is 1. The summed E-state index contributed by atoms with van der Waals surface area (Å²) in [7, 11) is 1.44. The Hall–Kier alpha value is -4.22. The van der Waals surface area contributed by atoms with Crippen LogP contribution in [-0.2, 0) is 16.1 Å². The number of allylic oxidation sites excluding steroid dienone is 2. The van der Waals surface area contributed by atoms with E-state index in [0.717, 1.165) is 34.8 Å². The van der Waals surface area contributed by atoms with Gasteiger partial charge in [-0.3, -0.25) is 19.7 Å². The lowest BCUT2D eigenvalue weighted by Gasteiger charge is -2.14. The van der Waals surface area contributed by atoms with Crippen LogP contribution in [0.4, 0.5) is 5.13 Å². The number of pyridine rings is 1. The van der Waals surface area contributed by atoms with E-state index in [2.05, 4.69) is 37.9 Å². The van der Waals surface area contributed by atoms with Crippen LogP contribution in [0.5, 0.6) is 0 Å². The molecule has 0 spiro atoms. The summed E-state index contributed by atoms with van der Waals surface area (Å²) >= 11 is 1.14. The van der Waals surface area contributed by atoms with E-state index >= 15 is 0 Å². The van der Waals surface area contributed by atoms with Gasteiger partial charge in [0.2, 0.25) is 11.0 Å². The second kappa shape index (κ2) is 9.10. The monoisotopic (exact) mass is 463 g/mol. The molecule has 0 unspecified atom stereocenters. The average Bonchev–Trinajstić information content (AvgIpc) is 3.51. The lowest BCUT2D eigenvalue weighted by Crippen LogP contribution is -2.30. The number of nitrogens with one attached hydrogen (secondary N) is 1. The third kappa shape index (κ3) is 5.17. The summed E-state index contributed by atoms with van der Waals surface area (Å²) in [4.78, 5) is 37.2. The molecule has 2 aromatic heterocycles. The van der Waals surface area contributed by atoms with Crippen LogP contribution in [0, 0.1) is 17.8 Å². The highest BCUT2D eigenvalue weighted by atomic mass is 32.1. The molecule has 3 heterocycles. The second-order valence-electron chi connectivity index (χ2n) is 7.40. The zero-order valence-electron chi connectivity index (χ0n) is 17.8. The van der Waals surface area contributed by atoms with Gasteiger partial charge in [-0.15, -0.1) is 10.2 Å². The maximum absolute atomic E-state index is 13.1. The molecule has 0 saturated heterocycles. The average molecular weight is 463 g/mol. The molecule has 1 saturated carbocycles. The maximum Gasteiger partial charge on any atom is 0.359 e. The topological polar surface area (TPSA) is 143 Å². The van der Waals surface area contributed by atoms with E-state index < -0.39 is 17.4 Å². The van der Waals surface area contributed by atoms with Gasteiger partial charge in [0.15, 0.2) is 5.01 Å². The number of nitrogens with two attached hydrogens (primary N) is 1. The molecular weight excluding hydrogens is 444 g/mol. The number of carbonyl (C=O) groups excluding carboxylic acids is 2. The minimum atomic E-state index is -0.696. The standard InChI is InChI=1S/C22H18N6O4S/c1-12-7-14(17(32-2)9-24-12)16-10-28(11-18(23)29)20(30)8-15(16)21(31)25-22-27-26-19(33-22)6-5-13-3-4-13/h7-8,10,13H,3-4,11H2,1-2H3,(H2-,23,25,27,29,31)/p+1. The molecule has 33 heavy (non-hydrogen) atoms. The number of methoxy groups -OCH3 is 1. The summed E-state index contributed by atoms with van der Waals surface area (Å²) in [5.41, 5.74) is 6.19. The van der Waals surface area contributed by atoms with E-state index in [0.29, 0.717) is 27.8 Å². The van der Waals surface area contributed by atoms with E-state index in [9.17, 15) is 14.4 Å². The molecule has 2 aliphatic rings. The molecule has 4 rings (SSSR count). The van der Waals surface area contributed by atoms with Crippen molar-refractivity contribution in [3.05, 3.63) is 50.6 Å². The van der Waals surface area contributed by atoms with E-state index in [1.807, 2.05) is 0 Å². The third-order valence-electron chi connectivity index (χ3n) is 4.73. The number of aromatic nitrogens is 3. The highest BCUT2D eigenvalue weighted by Crippen LogP contribution is 2.28. The van der Waals surface area contributed by atoms with Gasteiger partial charge in [0.1, 0.15) is 6.54 Å². The Kier molecular flexibility index (Phi) is 6.07. The first-order chi connectivity index (χ1) is 15.8. The summed E-state index contributed by atoms with van der Waals surface area (Å²) in [5, 5.41) is 11.3. The third-order valence-corrected chi connectivity index (χ3v) is 5.48. The SMILES string of the molecule is COC1=C=[N+]=C(C)C=C1c1cn(CC(N)=O)c(=O)cc1C(=O)Nc1nnc(C#CC2CC2)s1. The Labute approximate surface area is 192 Å². The lowest BCUT2D eigenvalue weighted by molar-refractivity contribution is -0.118. The van der Waals surface area contributed by atoms with Gasteiger partial charge in [-0.05, 0) is 23.4 Å². The number of ether oxygens (including phenoxy) is 1. The predicted molar refractivity (Wildman–Crippen MR) is 124 cm³/mol. The van der Waals surface area contributed by atoms with Crippen LogP contribution >= 0.6 is 11.3 Å². The van der Waals surface area contributed by atoms with Gasteiger partial charge in [-0.2, -0.15) is 0 Å². The Bertz CT molecular complexity index is 1420. The molecule has 3 N–H and O–H groups in total. The van der Waals surface area contributed by atoms with Crippen LogP contribution < -0.4 is 21.3 Å². The van der Waals surface area contributed by atoms with Gasteiger partial charge in [-0.25, -0.2) is 0 Å². The van der Waals surface area contributed by atoms with E-state index in [1.54, 1.807) is 13.0 Å². The van der Waals surface area contributed by atoms with Gasteiger partial charge in [0.05, 0.1) is 12.7 Å². The first-order valence-corrected chi connectivity index (χ1v) is 10.8. The van der Waals surface area contributed by atoms with Crippen molar-refractivity contribution in [2.24, 2.45) is 11.7 Å². The maximum atomic E-state index is 13.1. The van der Waals surface area contributed by atoms with Gasteiger partial charge in [0, 0.05) is 42.3 Å².